The second kappa shape index (κ2) is 4.58. The number of rotatable bonds is 4. The average molecular weight is 218 g/mol. The Kier molecular flexibility index (Phi) is 3.15. The molecule has 3 heteroatoms. The minimum Gasteiger partial charge on any atom is -0.466 e. The second-order valence-corrected chi connectivity index (χ2v) is 4.23. The van der Waals surface area contributed by atoms with E-state index in [9.17, 15) is 0 Å². The van der Waals surface area contributed by atoms with Crippen molar-refractivity contribution >= 4 is 0 Å². The maximum Gasteiger partial charge on any atom is 0.105 e. The SMILES string of the molecule is Cc1cc(CNCc2ccn(C)c2)c(C)o1. The quantitative estimate of drug-likeness (QED) is 0.854. The van der Waals surface area contributed by atoms with Crippen LogP contribution in [0, 0.1) is 13.8 Å². The maximum absolute atomic E-state index is 5.48. The zero-order valence-corrected chi connectivity index (χ0v) is 10.1. The van der Waals surface area contributed by atoms with Gasteiger partial charge < -0.3 is 14.3 Å². The van der Waals surface area contributed by atoms with Crippen molar-refractivity contribution < 1.29 is 4.42 Å². The Morgan fingerprint density at radius 3 is 2.69 bits per heavy atom. The predicted molar refractivity (Wildman–Crippen MR) is 64.1 cm³/mol. The third kappa shape index (κ3) is 2.55. The number of hydrogen-bond donors (Lipinski definition) is 1. The zero-order valence-electron chi connectivity index (χ0n) is 10.1. The highest BCUT2D eigenvalue weighted by Crippen LogP contribution is 2.13. The van der Waals surface area contributed by atoms with Gasteiger partial charge in [-0.1, -0.05) is 0 Å². The molecule has 2 aromatic heterocycles. The van der Waals surface area contributed by atoms with Crippen molar-refractivity contribution in [3.8, 4) is 0 Å². The van der Waals surface area contributed by atoms with Crippen LogP contribution in [0.2, 0.25) is 0 Å². The number of furan rings is 1. The van der Waals surface area contributed by atoms with Crippen LogP contribution >= 0.6 is 0 Å². The fourth-order valence-corrected chi connectivity index (χ4v) is 1.87. The molecule has 0 saturated carbocycles. The highest BCUT2D eigenvalue weighted by atomic mass is 16.3. The first-order valence-electron chi connectivity index (χ1n) is 5.52. The van der Waals surface area contributed by atoms with E-state index in [1.165, 1.54) is 11.1 Å². The monoisotopic (exact) mass is 218 g/mol. The van der Waals surface area contributed by atoms with Crippen LogP contribution in [0.15, 0.2) is 28.9 Å². The lowest BCUT2D eigenvalue weighted by molar-refractivity contribution is 0.499. The summed E-state index contributed by atoms with van der Waals surface area (Å²) in [5.74, 6) is 1.99. The summed E-state index contributed by atoms with van der Waals surface area (Å²) in [6.45, 7) is 5.74. The summed E-state index contributed by atoms with van der Waals surface area (Å²) in [5, 5.41) is 3.41. The highest BCUT2D eigenvalue weighted by molar-refractivity contribution is 5.20. The summed E-state index contributed by atoms with van der Waals surface area (Å²) in [4.78, 5) is 0. The number of hydrogen-bond acceptors (Lipinski definition) is 2. The molecule has 0 unspecified atom stereocenters. The van der Waals surface area contributed by atoms with E-state index < -0.39 is 0 Å². The van der Waals surface area contributed by atoms with Crippen LogP contribution in [0.1, 0.15) is 22.6 Å². The van der Waals surface area contributed by atoms with Gasteiger partial charge in [-0.05, 0) is 31.5 Å². The van der Waals surface area contributed by atoms with E-state index >= 15 is 0 Å². The Morgan fingerprint density at radius 2 is 2.12 bits per heavy atom. The van der Waals surface area contributed by atoms with Gasteiger partial charge in [0.05, 0.1) is 0 Å². The highest BCUT2D eigenvalue weighted by Gasteiger charge is 2.03. The van der Waals surface area contributed by atoms with Gasteiger partial charge in [0.25, 0.3) is 0 Å². The predicted octanol–water partition coefficient (Wildman–Crippen LogP) is 2.52. The summed E-state index contributed by atoms with van der Waals surface area (Å²) in [7, 11) is 2.03. The van der Waals surface area contributed by atoms with Gasteiger partial charge in [0, 0.05) is 38.1 Å². The molecule has 86 valence electrons. The van der Waals surface area contributed by atoms with E-state index in [0.717, 1.165) is 24.6 Å². The average Bonchev–Trinajstić information content (AvgIpc) is 2.74. The summed E-state index contributed by atoms with van der Waals surface area (Å²) >= 11 is 0. The van der Waals surface area contributed by atoms with Crippen LogP contribution in [0.5, 0.6) is 0 Å². The molecule has 0 radical (unpaired) electrons. The Balaban J connectivity index is 1.86. The first-order chi connectivity index (χ1) is 7.65. The van der Waals surface area contributed by atoms with Gasteiger partial charge in [-0.3, -0.25) is 0 Å². The van der Waals surface area contributed by atoms with E-state index in [1.807, 2.05) is 20.9 Å². The number of aromatic nitrogens is 1. The van der Waals surface area contributed by atoms with E-state index in [1.54, 1.807) is 0 Å². The molecule has 16 heavy (non-hydrogen) atoms. The molecule has 0 saturated heterocycles. The molecule has 0 aromatic carbocycles. The molecule has 1 N–H and O–H groups in total. The van der Waals surface area contributed by atoms with E-state index in [0.29, 0.717) is 0 Å². The molecule has 3 nitrogen and oxygen atoms in total. The van der Waals surface area contributed by atoms with Gasteiger partial charge in [-0.2, -0.15) is 0 Å². The third-order valence-electron chi connectivity index (χ3n) is 2.68. The largest absolute Gasteiger partial charge is 0.466 e. The molecule has 0 spiro atoms. The smallest absolute Gasteiger partial charge is 0.105 e. The molecule has 2 heterocycles. The lowest BCUT2D eigenvalue weighted by atomic mass is 10.2. The van der Waals surface area contributed by atoms with Crippen LogP contribution in [-0.4, -0.2) is 4.57 Å². The Bertz CT molecular complexity index is 468. The number of aryl methyl sites for hydroxylation is 3. The van der Waals surface area contributed by atoms with Crippen molar-refractivity contribution in [3.05, 3.63) is 47.2 Å². The fourth-order valence-electron chi connectivity index (χ4n) is 1.87. The fraction of sp³-hybridized carbons (Fsp3) is 0.385. The van der Waals surface area contributed by atoms with E-state index in [-0.39, 0.29) is 0 Å². The Labute approximate surface area is 96.1 Å². The van der Waals surface area contributed by atoms with Crippen molar-refractivity contribution in [3.63, 3.8) is 0 Å². The maximum atomic E-state index is 5.48. The molecule has 0 fully saturated rings. The van der Waals surface area contributed by atoms with Gasteiger partial charge in [-0.25, -0.2) is 0 Å². The summed E-state index contributed by atoms with van der Waals surface area (Å²) in [6, 6.07) is 4.22. The van der Waals surface area contributed by atoms with Crippen molar-refractivity contribution in [2.75, 3.05) is 0 Å². The van der Waals surface area contributed by atoms with Crippen LogP contribution in [-0.2, 0) is 20.1 Å². The summed E-state index contributed by atoms with van der Waals surface area (Å²) in [6.07, 6.45) is 4.19. The lowest BCUT2D eigenvalue weighted by Gasteiger charge is -2.01. The topological polar surface area (TPSA) is 30.1 Å². The van der Waals surface area contributed by atoms with Gasteiger partial charge in [0.1, 0.15) is 11.5 Å². The number of nitrogens with zero attached hydrogens (tertiary/aromatic N) is 1. The normalized spacial score (nSPS) is 10.9. The van der Waals surface area contributed by atoms with Gasteiger partial charge in [-0.15, -0.1) is 0 Å². The molecule has 0 aliphatic heterocycles. The first kappa shape index (κ1) is 11.0. The Morgan fingerprint density at radius 1 is 1.31 bits per heavy atom. The van der Waals surface area contributed by atoms with Crippen LogP contribution in [0.3, 0.4) is 0 Å². The first-order valence-corrected chi connectivity index (χ1v) is 5.52. The van der Waals surface area contributed by atoms with Crippen molar-refractivity contribution in [2.45, 2.75) is 26.9 Å². The standard InChI is InChI=1S/C13H18N2O/c1-10-6-13(11(2)16-10)8-14-7-12-4-5-15(3)9-12/h4-6,9,14H,7-8H2,1-3H3. The van der Waals surface area contributed by atoms with Gasteiger partial charge >= 0.3 is 0 Å². The Hall–Kier alpha value is -1.48. The molecule has 0 atom stereocenters. The van der Waals surface area contributed by atoms with Crippen molar-refractivity contribution in [2.24, 2.45) is 7.05 Å². The van der Waals surface area contributed by atoms with Crippen LogP contribution in [0.4, 0.5) is 0 Å². The molecule has 0 bridgehead atoms. The second-order valence-electron chi connectivity index (χ2n) is 4.23. The summed E-state index contributed by atoms with van der Waals surface area (Å²) in [5.41, 5.74) is 2.55. The molecular formula is C13H18N2O. The van der Waals surface area contributed by atoms with Crippen LogP contribution < -0.4 is 5.32 Å². The van der Waals surface area contributed by atoms with Gasteiger partial charge in [0.2, 0.25) is 0 Å². The molecular weight excluding hydrogens is 200 g/mol. The third-order valence-corrected chi connectivity index (χ3v) is 2.68. The van der Waals surface area contributed by atoms with E-state index in [4.69, 9.17) is 4.42 Å². The van der Waals surface area contributed by atoms with Crippen molar-refractivity contribution in [1.29, 1.82) is 0 Å². The molecule has 0 aliphatic rings. The van der Waals surface area contributed by atoms with Gasteiger partial charge in [0.15, 0.2) is 0 Å². The molecule has 0 amide bonds. The molecule has 0 aliphatic carbocycles. The molecule has 2 aromatic rings. The number of nitrogens with one attached hydrogen (secondary N) is 1. The minimum absolute atomic E-state index is 0.859. The molecule has 2 rings (SSSR count). The lowest BCUT2D eigenvalue weighted by Crippen LogP contribution is -2.12. The summed E-state index contributed by atoms with van der Waals surface area (Å²) < 4.78 is 7.54. The zero-order chi connectivity index (χ0) is 11.5. The van der Waals surface area contributed by atoms with Crippen molar-refractivity contribution in [1.82, 2.24) is 9.88 Å². The van der Waals surface area contributed by atoms with Crippen LogP contribution in [0.25, 0.3) is 0 Å². The minimum atomic E-state index is 0.859. The van der Waals surface area contributed by atoms with E-state index in [2.05, 4.69) is 34.4 Å².